The van der Waals surface area contributed by atoms with Crippen molar-refractivity contribution >= 4 is 11.8 Å². The van der Waals surface area contributed by atoms with Gasteiger partial charge >= 0.3 is 0 Å². The van der Waals surface area contributed by atoms with Gasteiger partial charge in [-0.05, 0) is 19.3 Å². The molecule has 2 atom stereocenters. The maximum atomic E-state index is 11.9. The van der Waals surface area contributed by atoms with E-state index in [4.69, 9.17) is 0 Å². The van der Waals surface area contributed by atoms with Gasteiger partial charge in [-0.3, -0.25) is 9.59 Å². The maximum Gasteiger partial charge on any atom is 0.242 e. The smallest absolute Gasteiger partial charge is 0.242 e. The van der Waals surface area contributed by atoms with Crippen LogP contribution in [0.3, 0.4) is 0 Å². The summed E-state index contributed by atoms with van der Waals surface area (Å²) in [4.78, 5) is 23.7. The van der Waals surface area contributed by atoms with Crippen molar-refractivity contribution in [3.63, 3.8) is 0 Å². The van der Waals surface area contributed by atoms with E-state index in [2.05, 4.69) is 31.4 Å². The van der Waals surface area contributed by atoms with E-state index in [0.717, 1.165) is 0 Å². The predicted molar refractivity (Wildman–Crippen MR) is 74.1 cm³/mol. The quantitative estimate of drug-likeness (QED) is 0.812. The van der Waals surface area contributed by atoms with Crippen molar-refractivity contribution in [1.29, 1.82) is 0 Å². The van der Waals surface area contributed by atoms with E-state index in [1.807, 2.05) is 27.7 Å². The largest absolute Gasteiger partial charge is 0.351 e. The van der Waals surface area contributed by atoms with E-state index < -0.39 is 11.5 Å². The second kappa shape index (κ2) is 5.72. The summed E-state index contributed by atoms with van der Waals surface area (Å²) in [5.74, 6) is -0.261. The molecule has 4 nitrogen and oxygen atoms in total. The summed E-state index contributed by atoms with van der Waals surface area (Å²) in [5, 5.41) is 5.65. The highest BCUT2D eigenvalue weighted by Gasteiger charge is 2.27. The van der Waals surface area contributed by atoms with Gasteiger partial charge in [-0.1, -0.05) is 41.5 Å². The third kappa shape index (κ3) is 5.52. The molecule has 0 radical (unpaired) electrons. The van der Waals surface area contributed by atoms with Crippen LogP contribution in [0.25, 0.3) is 0 Å². The molecule has 0 aliphatic rings. The Kier molecular flexibility index (Phi) is 5.38. The summed E-state index contributed by atoms with van der Waals surface area (Å²) in [6.07, 6.45) is 0. The fourth-order valence-corrected chi connectivity index (χ4v) is 1.03. The third-order valence-electron chi connectivity index (χ3n) is 3.08. The van der Waals surface area contributed by atoms with E-state index in [1.54, 1.807) is 6.92 Å². The zero-order valence-electron chi connectivity index (χ0n) is 13.0. The van der Waals surface area contributed by atoms with Gasteiger partial charge in [0.05, 0.1) is 0 Å². The van der Waals surface area contributed by atoms with Gasteiger partial charge in [-0.2, -0.15) is 0 Å². The molecule has 0 aliphatic carbocycles. The molecule has 2 unspecified atom stereocenters. The van der Waals surface area contributed by atoms with Crippen molar-refractivity contribution in [1.82, 2.24) is 10.6 Å². The van der Waals surface area contributed by atoms with E-state index in [-0.39, 0.29) is 23.3 Å². The molecule has 106 valence electrons. The van der Waals surface area contributed by atoms with Crippen LogP contribution in [0.5, 0.6) is 0 Å². The van der Waals surface area contributed by atoms with Gasteiger partial charge in [0.25, 0.3) is 0 Å². The summed E-state index contributed by atoms with van der Waals surface area (Å²) in [6, 6.07) is -0.458. The first-order chi connectivity index (χ1) is 7.85. The fraction of sp³-hybridized carbons (Fsp3) is 0.857. The molecule has 0 aromatic carbocycles. The van der Waals surface area contributed by atoms with Crippen molar-refractivity contribution in [3.05, 3.63) is 0 Å². The molecule has 0 saturated carbocycles. The van der Waals surface area contributed by atoms with Crippen molar-refractivity contribution in [2.75, 3.05) is 0 Å². The molecule has 0 aromatic heterocycles. The summed E-state index contributed by atoms with van der Waals surface area (Å²) < 4.78 is 0. The van der Waals surface area contributed by atoms with Crippen LogP contribution < -0.4 is 10.6 Å². The Morgan fingerprint density at radius 2 is 1.33 bits per heavy atom. The second-order valence-electron chi connectivity index (χ2n) is 7.04. The molecule has 0 spiro atoms. The lowest BCUT2D eigenvalue weighted by molar-refractivity contribution is -0.133. The lowest BCUT2D eigenvalue weighted by atomic mass is 9.88. The SMILES string of the molecule is CC(NC(=O)C(C)(C)C)C(=O)NC(C)C(C)(C)C. The number of amides is 2. The average molecular weight is 256 g/mol. The van der Waals surface area contributed by atoms with Crippen LogP contribution in [0.15, 0.2) is 0 Å². The zero-order valence-corrected chi connectivity index (χ0v) is 13.0. The Hall–Kier alpha value is -1.06. The van der Waals surface area contributed by atoms with Crippen molar-refractivity contribution < 1.29 is 9.59 Å². The predicted octanol–water partition coefficient (Wildman–Crippen LogP) is 2.09. The highest BCUT2D eigenvalue weighted by Crippen LogP contribution is 2.18. The van der Waals surface area contributed by atoms with Crippen LogP contribution in [0.1, 0.15) is 55.4 Å². The van der Waals surface area contributed by atoms with Gasteiger partial charge in [0, 0.05) is 11.5 Å². The normalized spacial score (nSPS) is 15.8. The standard InChI is InChI=1S/C14H28N2O2/c1-9(15-12(18)14(6,7)8)11(17)16-10(2)13(3,4)5/h9-10H,1-8H3,(H,15,18)(H,16,17). The molecule has 0 fully saturated rings. The minimum absolute atomic E-state index is 0.00339. The van der Waals surface area contributed by atoms with Gasteiger partial charge in [-0.15, -0.1) is 0 Å². The maximum absolute atomic E-state index is 11.9. The van der Waals surface area contributed by atoms with E-state index in [1.165, 1.54) is 0 Å². The molecule has 4 heteroatoms. The van der Waals surface area contributed by atoms with Gasteiger partial charge in [0.1, 0.15) is 6.04 Å². The molecule has 0 saturated heterocycles. The number of rotatable bonds is 3. The topological polar surface area (TPSA) is 58.2 Å². The first-order valence-electron chi connectivity index (χ1n) is 6.47. The van der Waals surface area contributed by atoms with Crippen molar-refractivity contribution in [2.45, 2.75) is 67.5 Å². The summed E-state index contributed by atoms with van der Waals surface area (Å²) >= 11 is 0. The molecular weight excluding hydrogens is 228 g/mol. The van der Waals surface area contributed by atoms with E-state index >= 15 is 0 Å². The summed E-state index contributed by atoms with van der Waals surface area (Å²) in [5.41, 5.74) is -0.479. The molecule has 0 aliphatic heterocycles. The van der Waals surface area contributed by atoms with Crippen LogP contribution in [0.2, 0.25) is 0 Å². The third-order valence-corrected chi connectivity index (χ3v) is 3.08. The van der Waals surface area contributed by atoms with Gasteiger partial charge in [0.2, 0.25) is 11.8 Å². The van der Waals surface area contributed by atoms with E-state index in [9.17, 15) is 9.59 Å². The Morgan fingerprint density at radius 3 is 1.67 bits per heavy atom. The molecule has 0 rings (SSSR count). The fourth-order valence-electron chi connectivity index (χ4n) is 1.03. The number of nitrogens with one attached hydrogen (secondary N) is 2. The lowest BCUT2D eigenvalue weighted by Gasteiger charge is -2.30. The Morgan fingerprint density at radius 1 is 0.889 bits per heavy atom. The van der Waals surface area contributed by atoms with Crippen LogP contribution in [0.4, 0.5) is 0 Å². The summed E-state index contributed by atoms with van der Waals surface area (Å²) in [7, 11) is 0. The van der Waals surface area contributed by atoms with Crippen LogP contribution in [-0.4, -0.2) is 23.9 Å². The molecular formula is C14H28N2O2. The molecule has 2 N–H and O–H groups in total. The van der Waals surface area contributed by atoms with E-state index in [0.29, 0.717) is 0 Å². The number of carbonyl (C=O) groups is 2. The Balaban J connectivity index is 4.42. The molecule has 0 bridgehead atoms. The summed E-state index contributed by atoms with van der Waals surface area (Å²) in [6.45, 7) is 15.3. The number of carbonyl (C=O) groups excluding carboxylic acids is 2. The lowest BCUT2D eigenvalue weighted by Crippen LogP contribution is -2.52. The first-order valence-corrected chi connectivity index (χ1v) is 6.47. The molecule has 18 heavy (non-hydrogen) atoms. The average Bonchev–Trinajstić information content (AvgIpc) is 2.14. The molecule has 2 amide bonds. The number of hydrogen-bond acceptors (Lipinski definition) is 2. The monoisotopic (exact) mass is 256 g/mol. The highest BCUT2D eigenvalue weighted by atomic mass is 16.2. The molecule has 0 heterocycles. The first kappa shape index (κ1) is 16.9. The highest BCUT2D eigenvalue weighted by molar-refractivity contribution is 5.89. The Bertz CT molecular complexity index is 311. The van der Waals surface area contributed by atoms with Crippen LogP contribution in [-0.2, 0) is 9.59 Å². The van der Waals surface area contributed by atoms with Gasteiger partial charge in [-0.25, -0.2) is 0 Å². The number of hydrogen-bond donors (Lipinski definition) is 2. The van der Waals surface area contributed by atoms with Crippen LogP contribution >= 0.6 is 0 Å². The van der Waals surface area contributed by atoms with Gasteiger partial charge in [0.15, 0.2) is 0 Å². The zero-order chi connectivity index (χ0) is 14.7. The van der Waals surface area contributed by atoms with Gasteiger partial charge < -0.3 is 10.6 Å². The minimum Gasteiger partial charge on any atom is -0.351 e. The van der Waals surface area contributed by atoms with Crippen LogP contribution in [0, 0.1) is 10.8 Å². The van der Waals surface area contributed by atoms with Crippen molar-refractivity contribution in [2.24, 2.45) is 10.8 Å². The Labute approximate surface area is 111 Å². The second-order valence-corrected chi connectivity index (χ2v) is 7.04. The van der Waals surface area contributed by atoms with Crippen molar-refractivity contribution in [3.8, 4) is 0 Å². The minimum atomic E-state index is -0.512. The molecule has 0 aromatic rings.